The second-order valence-corrected chi connectivity index (χ2v) is 3.95. The first-order valence-corrected chi connectivity index (χ1v) is 5.89. The summed E-state index contributed by atoms with van der Waals surface area (Å²) < 4.78 is 15.6. The fourth-order valence-corrected chi connectivity index (χ4v) is 1.72. The fraction of sp³-hybridized carbons (Fsp3) is 0.200. The average Bonchev–Trinajstić information content (AvgIpc) is 2.47. The fourth-order valence-electron chi connectivity index (χ4n) is 1.72. The van der Waals surface area contributed by atoms with Crippen molar-refractivity contribution in [3.63, 3.8) is 0 Å². The highest BCUT2D eigenvalue weighted by molar-refractivity contribution is 5.64. The van der Waals surface area contributed by atoms with Crippen molar-refractivity contribution in [2.75, 3.05) is 26.6 Å². The van der Waals surface area contributed by atoms with E-state index >= 15 is 0 Å². The molecule has 0 aliphatic carbocycles. The van der Waals surface area contributed by atoms with Crippen LogP contribution in [0.5, 0.6) is 17.2 Å². The molecule has 4 nitrogen and oxygen atoms in total. The van der Waals surface area contributed by atoms with E-state index in [2.05, 4.69) is 5.32 Å². The van der Waals surface area contributed by atoms with Gasteiger partial charge in [0.05, 0.1) is 21.3 Å². The summed E-state index contributed by atoms with van der Waals surface area (Å²) in [6.45, 7) is 0. The van der Waals surface area contributed by atoms with Gasteiger partial charge in [0.15, 0.2) is 0 Å². The maximum absolute atomic E-state index is 5.23. The van der Waals surface area contributed by atoms with E-state index in [9.17, 15) is 0 Å². The standard InChI is InChI=1S/C15H17NO3/c1-17-13-6-4-11(5-7-13)16-12-8-14(18-2)10-15(9-12)19-3/h4-10,16H,1-3H3. The summed E-state index contributed by atoms with van der Waals surface area (Å²) in [5.41, 5.74) is 1.87. The molecule has 0 saturated carbocycles. The number of methoxy groups -OCH3 is 3. The Morgan fingerprint density at radius 2 is 1.16 bits per heavy atom. The zero-order valence-corrected chi connectivity index (χ0v) is 11.3. The van der Waals surface area contributed by atoms with Crippen LogP contribution in [0.4, 0.5) is 11.4 Å². The zero-order chi connectivity index (χ0) is 13.7. The van der Waals surface area contributed by atoms with Crippen molar-refractivity contribution in [2.45, 2.75) is 0 Å². The average molecular weight is 259 g/mol. The third kappa shape index (κ3) is 3.31. The van der Waals surface area contributed by atoms with Crippen LogP contribution in [0.15, 0.2) is 42.5 Å². The maximum Gasteiger partial charge on any atom is 0.124 e. The molecule has 1 N–H and O–H groups in total. The first-order valence-electron chi connectivity index (χ1n) is 5.89. The number of benzene rings is 2. The first-order chi connectivity index (χ1) is 9.25. The highest BCUT2D eigenvalue weighted by atomic mass is 16.5. The van der Waals surface area contributed by atoms with Crippen LogP contribution < -0.4 is 19.5 Å². The Morgan fingerprint density at radius 3 is 1.63 bits per heavy atom. The monoisotopic (exact) mass is 259 g/mol. The first kappa shape index (κ1) is 13.1. The van der Waals surface area contributed by atoms with E-state index in [1.807, 2.05) is 42.5 Å². The summed E-state index contributed by atoms with van der Waals surface area (Å²) >= 11 is 0. The second-order valence-electron chi connectivity index (χ2n) is 3.95. The molecule has 0 spiro atoms. The van der Waals surface area contributed by atoms with E-state index in [-0.39, 0.29) is 0 Å². The summed E-state index contributed by atoms with van der Waals surface area (Å²) in [7, 11) is 4.91. The van der Waals surface area contributed by atoms with Gasteiger partial charge in [0.25, 0.3) is 0 Å². The van der Waals surface area contributed by atoms with Gasteiger partial charge < -0.3 is 19.5 Å². The Kier molecular flexibility index (Phi) is 4.13. The van der Waals surface area contributed by atoms with Crippen molar-refractivity contribution in [3.05, 3.63) is 42.5 Å². The van der Waals surface area contributed by atoms with Gasteiger partial charge in [-0.05, 0) is 24.3 Å². The molecular formula is C15H17NO3. The summed E-state index contributed by atoms with van der Waals surface area (Å²) in [5, 5.41) is 3.29. The van der Waals surface area contributed by atoms with Gasteiger partial charge in [0.1, 0.15) is 17.2 Å². The molecule has 0 aliphatic rings. The van der Waals surface area contributed by atoms with Gasteiger partial charge in [0.2, 0.25) is 0 Å². The smallest absolute Gasteiger partial charge is 0.124 e. The Bertz CT molecular complexity index is 515. The molecule has 0 atom stereocenters. The molecule has 0 aromatic heterocycles. The molecule has 2 aromatic carbocycles. The number of hydrogen-bond acceptors (Lipinski definition) is 4. The van der Waals surface area contributed by atoms with Crippen LogP contribution in [0.2, 0.25) is 0 Å². The lowest BCUT2D eigenvalue weighted by atomic mass is 10.2. The Labute approximate surface area is 112 Å². The molecule has 2 rings (SSSR count). The molecule has 0 saturated heterocycles. The van der Waals surface area contributed by atoms with Crippen LogP contribution in [-0.4, -0.2) is 21.3 Å². The minimum Gasteiger partial charge on any atom is -0.497 e. The van der Waals surface area contributed by atoms with E-state index < -0.39 is 0 Å². The number of anilines is 2. The molecule has 100 valence electrons. The molecule has 0 amide bonds. The summed E-state index contributed by atoms with van der Waals surface area (Å²) in [4.78, 5) is 0. The van der Waals surface area contributed by atoms with Crippen LogP contribution in [-0.2, 0) is 0 Å². The van der Waals surface area contributed by atoms with Crippen molar-refractivity contribution in [1.82, 2.24) is 0 Å². The predicted octanol–water partition coefficient (Wildman–Crippen LogP) is 3.46. The Morgan fingerprint density at radius 1 is 0.632 bits per heavy atom. The van der Waals surface area contributed by atoms with E-state index in [4.69, 9.17) is 14.2 Å². The normalized spacial score (nSPS) is 9.84. The SMILES string of the molecule is COc1ccc(Nc2cc(OC)cc(OC)c2)cc1. The lowest BCUT2D eigenvalue weighted by molar-refractivity contribution is 0.395. The molecule has 0 aliphatic heterocycles. The van der Waals surface area contributed by atoms with E-state index in [1.165, 1.54) is 0 Å². The number of ether oxygens (including phenoxy) is 3. The lowest BCUT2D eigenvalue weighted by Gasteiger charge is -2.11. The number of rotatable bonds is 5. The van der Waals surface area contributed by atoms with Gasteiger partial charge in [-0.25, -0.2) is 0 Å². The van der Waals surface area contributed by atoms with Crippen molar-refractivity contribution in [3.8, 4) is 17.2 Å². The second kappa shape index (κ2) is 6.00. The number of nitrogens with one attached hydrogen (secondary N) is 1. The minimum absolute atomic E-state index is 0.746. The van der Waals surface area contributed by atoms with Gasteiger partial charge in [-0.1, -0.05) is 0 Å². The highest BCUT2D eigenvalue weighted by Gasteiger charge is 2.02. The third-order valence-electron chi connectivity index (χ3n) is 2.73. The van der Waals surface area contributed by atoms with Crippen molar-refractivity contribution in [1.29, 1.82) is 0 Å². The van der Waals surface area contributed by atoms with E-state index in [0.717, 1.165) is 28.6 Å². The Hall–Kier alpha value is -2.36. The molecule has 0 unspecified atom stereocenters. The number of hydrogen-bond donors (Lipinski definition) is 1. The van der Waals surface area contributed by atoms with Gasteiger partial charge in [-0.15, -0.1) is 0 Å². The molecule has 0 fully saturated rings. The molecule has 4 heteroatoms. The highest BCUT2D eigenvalue weighted by Crippen LogP contribution is 2.28. The van der Waals surface area contributed by atoms with Crippen molar-refractivity contribution < 1.29 is 14.2 Å². The summed E-state index contributed by atoms with van der Waals surface area (Å²) in [5.74, 6) is 2.32. The molecule has 0 bridgehead atoms. The lowest BCUT2D eigenvalue weighted by Crippen LogP contribution is -1.93. The molecule has 2 aromatic rings. The van der Waals surface area contributed by atoms with Crippen LogP contribution in [0.25, 0.3) is 0 Å². The van der Waals surface area contributed by atoms with Crippen LogP contribution in [0.3, 0.4) is 0 Å². The molecule has 19 heavy (non-hydrogen) atoms. The van der Waals surface area contributed by atoms with Crippen molar-refractivity contribution in [2.24, 2.45) is 0 Å². The third-order valence-corrected chi connectivity index (χ3v) is 2.73. The van der Waals surface area contributed by atoms with E-state index in [0.29, 0.717) is 0 Å². The van der Waals surface area contributed by atoms with Crippen LogP contribution in [0.1, 0.15) is 0 Å². The summed E-state index contributed by atoms with van der Waals surface area (Å²) in [6.07, 6.45) is 0. The largest absolute Gasteiger partial charge is 0.497 e. The molecular weight excluding hydrogens is 242 g/mol. The van der Waals surface area contributed by atoms with E-state index in [1.54, 1.807) is 21.3 Å². The topological polar surface area (TPSA) is 39.7 Å². The molecule has 0 heterocycles. The Balaban J connectivity index is 2.21. The quantitative estimate of drug-likeness (QED) is 0.892. The van der Waals surface area contributed by atoms with Crippen LogP contribution in [0, 0.1) is 0 Å². The van der Waals surface area contributed by atoms with Gasteiger partial charge in [-0.3, -0.25) is 0 Å². The van der Waals surface area contributed by atoms with Crippen LogP contribution >= 0.6 is 0 Å². The van der Waals surface area contributed by atoms with Gasteiger partial charge in [-0.2, -0.15) is 0 Å². The minimum atomic E-state index is 0.746. The zero-order valence-electron chi connectivity index (χ0n) is 11.3. The van der Waals surface area contributed by atoms with Gasteiger partial charge >= 0.3 is 0 Å². The summed E-state index contributed by atoms with van der Waals surface area (Å²) in [6, 6.07) is 13.4. The van der Waals surface area contributed by atoms with Crippen molar-refractivity contribution >= 4 is 11.4 Å². The molecule has 0 radical (unpaired) electrons. The maximum atomic E-state index is 5.23. The predicted molar refractivity (Wildman–Crippen MR) is 75.8 cm³/mol. The van der Waals surface area contributed by atoms with Gasteiger partial charge in [0, 0.05) is 29.6 Å².